The molecule has 0 saturated heterocycles. The highest BCUT2D eigenvalue weighted by Crippen LogP contribution is 2.21. The van der Waals surface area contributed by atoms with Crippen LogP contribution in [0.25, 0.3) is 0 Å². The van der Waals surface area contributed by atoms with Crippen LogP contribution in [0.15, 0.2) is 18.2 Å². The summed E-state index contributed by atoms with van der Waals surface area (Å²) in [6.07, 6.45) is 1.57. The highest BCUT2D eigenvalue weighted by Gasteiger charge is 2.24. The minimum atomic E-state index is -0.356. The van der Waals surface area contributed by atoms with Gasteiger partial charge in [-0.2, -0.15) is 0 Å². The fourth-order valence-electron chi connectivity index (χ4n) is 1.76. The predicted octanol–water partition coefficient (Wildman–Crippen LogP) is 3.12. The van der Waals surface area contributed by atoms with Crippen LogP contribution in [0.3, 0.4) is 0 Å². The molecular weight excluding hydrogens is 241 g/mol. The first-order chi connectivity index (χ1) is 8.08. The second kappa shape index (κ2) is 6.34. The first-order valence-corrected chi connectivity index (χ1v) is 6.25. The molecule has 0 atom stereocenters. The first kappa shape index (κ1) is 14.4. The Hall–Kier alpha value is -0.640. The van der Waals surface area contributed by atoms with Gasteiger partial charge in [-0.25, -0.2) is 4.39 Å². The molecule has 2 nitrogen and oxygen atoms in total. The largest absolute Gasteiger partial charge is 0.394 e. The summed E-state index contributed by atoms with van der Waals surface area (Å²) >= 11 is 5.95. The van der Waals surface area contributed by atoms with Gasteiger partial charge in [0.1, 0.15) is 5.82 Å². The molecule has 0 fully saturated rings. The number of nitrogens with one attached hydrogen (secondary N) is 1. The number of aliphatic hydroxyl groups excluding tert-OH is 1. The lowest BCUT2D eigenvalue weighted by Gasteiger charge is -2.31. The molecule has 0 bridgehead atoms. The fraction of sp³-hybridized carbons (Fsp3) is 0.538. The Balaban J connectivity index is 2.79. The lowest BCUT2D eigenvalue weighted by atomic mass is 9.93. The lowest BCUT2D eigenvalue weighted by molar-refractivity contribution is 0.149. The van der Waals surface area contributed by atoms with E-state index < -0.39 is 0 Å². The molecule has 0 aliphatic rings. The molecule has 0 spiro atoms. The van der Waals surface area contributed by atoms with Gasteiger partial charge < -0.3 is 10.4 Å². The summed E-state index contributed by atoms with van der Waals surface area (Å²) in [5.74, 6) is -0.316. The number of hydrogen-bond acceptors (Lipinski definition) is 2. The van der Waals surface area contributed by atoms with Crippen LogP contribution >= 0.6 is 11.6 Å². The summed E-state index contributed by atoms with van der Waals surface area (Å²) in [4.78, 5) is 0. The lowest BCUT2D eigenvalue weighted by Crippen LogP contribution is -2.47. The quantitative estimate of drug-likeness (QED) is 0.823. The van der Waals surface area contributed by atoms with Gasteiger partial charge in [0.15, 0.2) is 0 Å². The molecule has 2 N–H and O–H groups in total. The van der Waals surface area contributed by atoms with Gasteiger partial charge in [0.2, 0.25) is 0 Å². The molecule has 1 aromatic carbocycles. The van der Waals surface area contributed by atoms with Crippen molar-refractivity contribution in [2.45, 2.75) is 38.8 Å². The van der Waals surface area contributed by atoms with E-state index in [1.165, 1.54) is 6.07 Å². The minimum absolute atomic E-state index is 0.0338. The minimum Gasteiger partial charge on any atom is -0.394 e. The number of hydrogen-bond donors (Lipinski definition) is 2. The first-order valence-electron chi connectivity index (χ1n) is 5.87. The third kappa shape index (κ3) is 3.41. The third-order valence-electron chi connectivity index (χ3n) is 3.36. The van der Waals surface area contributed by atoms with Crippen LogP contribution in [0.4, 0.5) is 4.39 Å². The van der Waals surface area contributed by atoms with Crippen LogP contribution in [-0.2, 0) is 6.54 Å². The van der Waals surface area contributed by atoms with E-state index >= 15 is 0 Å². The van der Waals surface area contributed by atoms with E-state index in [9.17, 15) is 9.50 Å². The topological polar surface area (TPSA) is 32.3 Å². The van der Waals surface area contributed by atoms with E-state index in [-0.39, 0.29) is 18.0 Å². The number of benzene rings is 1. The van der Waals surface area contributed by atoms with Gasteiger partial charge in [-0.15, -0.1) is 0 Å². The van der Waals surface area contributed by atoms with Gasteiger partial charge >= 0.3 is 0 Å². The monoisotopic (exact) mass is 259 g/mol. The molecule has 96 valence electrons. The zero-order valence-corrected chi connectivity index (χ0v) is 11.0. The average Bonchev–Trinajstić information content (AvgIpc) is 2.34. The van der Waals surface area contributed by atoms with Crippen LogP contribution in [0.5, 0.6) is 0 Å². The van der Waals surface area contributed by atoms with E-state index in [4.69, 9.17) is 11.6 Å². The zero-order chi connectivity index (χ0) is 12.9. The Labute approximate surface area is 107 Å². The van der Waals surface area contributed by atoms with Gasteiger partial charge in [-0.1, -0.05) is 31.5 Å². The Kier molecular flexibility index (Phi) is 5.37. The van der Waals surface area contributed by atoms with Gasteiger partial charge in [0.05, 0.1) is 6.61 Å². The maximum absolute atomic E-state index is 13.6. The van der Waals surface area contributed by atoms with Crippen molar-refractivity contribution in [3.05, 3.63) is 34.6 Å². The van der Waals surface area contributed by atoms with Gasteiger partial charge in [-0.05, 0) is 25.0 Å². The van der Waals surface area contributed by atoms with Crippen LogP contribution in [0.1, 0.15) is 32.3 Å². The molecule has 0 saturated carbocycles. The van der Waals surface area contributed by atoms with E-state index in [2.05, 4.69) is 5.32 Å². The molecule has 17 heavy (non-hydrogen) atoms. The zero-order valence-electron chi connectivity index (χ0n) is 10.3. The second-order valence-electron chi connectivity index (χ2n) is 4.20. The maximum Gasteiger partial charge on any atom is 0.129 e. The van der Waals surface area contributed by atoms with Crippen LogP contribution < -0.4 is 5.32 Å². The maximum atomic E-state index is 13.6. The highest BCUT2D eigenvalue weighted by atomic mass is 35.5. The molecule has 0 unspecified atom stereocenters. The molecule has 0 amide bonds. The van der Waals surface area contributed by atoms with E-state index in [1.54, 1.807) is 12.1 Å². The number of rotatable bonds is 6. The summed E-state index contributed by atoms with van der Waals surface area (Å²) in [5, 5.41) is 13.0. The molecule has 1 aromatic rings. The summed E-state index contributed by atoms with van der Waals surface area (Å²) < 4.78 is 13.6. The molecule has 1 rings (SSSR count). The van der Waals surface area contributed by atoms with Crippen LogP contribution in [-0.4, -0.2) is 17.3 Å². The molecule has 0 heterocycles. The van der Waals surface area contributed by atoms with Crippen molar-refractivity contribution in [3.63, 3.8) is 0 Å². The SMILES string of the molecule is CCC(CC)(CO)NCc1c(F)cccc1Cl. The Morgan fingerprint density at radius 3 is 2.47 bits per heavy atom. The van der Waals surface area contributed by atoms with Crippen molar-refractivity contribution >= 4 is 11.6 Å². The number of aliphatic hydroxyl groups is 1. The molecular formula is C13H19ClFNO. The number of halogens is 2. The third-order valence-corrected chi connectivity index (χ3v) is 3.71. The molecule has 4 heteroatoms. The molecule has 0 aromatic heterocycles. The second-order valence-corrected chi connectivity index (χ2v) is 4.61. The van der Waals surface area contributed by atoms with Crippen molar-refractivity contribution in [1.29, 1.82) is 0 Å². The fourth-order valence-corrected chi connectivity index (χ4v) is 1.99. The van der Waals surface area contributed by atoms with Crippen molar-refractivity contribution in [3.8, 4) is 0 Å². The van der Waals surface area contributed by atoms with E-state index in [0.29, 0.717) is 17.1 Å². The van der Waals surface area contributed by atoms with Crippen molar-refractivity contribution in [2.24, 2.45) is 0 Å². The summed E-state index contributed by atoms with van der Waals surface area (Å²) in [5.41, 5.74) is 0.0971. The van der Waals surface area contributed by atoms with Gasteiger partial charge in [-0.3, -0.25) is 0 Å². The van der Waals surface area contributed by atoms with Gasteiger partial charge in [0.25, 0.3) is 0 Å². The van der Waals surface area contributed by atoms with Crippen molar-refractivity contribution in [2.75, 3.05) is 6.61 Å². The van der Waals surface area contributed by atoms with E-state index in [0.717, 1.165) is 12.8 Å². The summed E-state index contributed by atoms with van der Waals surface area (Å²) in [6, 6.07) is 4.64. The smallest absolute Gasteiger partial charge is 0.129 e. The Morgan fingerprint density at radius 1 is 1.35 bits per heavy atom. The van der Waals surface area contributed by atoms with Gasteiger partial charge in [0, 0.05) is 22.7 Å². The summed E-state index contributed by atoms with van der Waals surface area (Å²) in [7, 11) is 0. The average molecular weight is 260 g/mol. The van der Waals surface area contributed by atoms with Crippen LogP contribution in [0.2, 0.25) is 5.02 Å². The molecule has 0 radical (unpaired) electrons. The standard InChI is InChI=1S/C13H19ClFNO/c1-3-13(4-2,9-17)16-8-10-11(14)6-5-7-12(10)15/h5-7,16-17H,3-4,8-9H2,1-2H3. The van der Waals surface area contributed by atoms with E-state index in [1.807, 2.05) is 13.8 Å². The predicted molar refractivity (Wildman–Crippen MR) is 68.6 cm³/mol. The van der Waals surface area contributed by atoms with Crippen LogP contribution in [0, 0.1) is 5.82 Å². The molecule has 0 aliphatic heterocycles. The Bertz CT molecular complexity index is 338. The normalized spacial score (nSPS) is 11.8. The highest BCUT2D eigenvalue weighted by molar-refractivity contribution is 6.31. The Morgan fingerprint density at radius 2 is 2.00 bits per heavy atom. The van der Waals surface area contributed by atoms with Crippen molar-refractivity contribution in [1.82, 2.24) is 5.32 Å². The summed E-state index contributed by atoms with van der Waals surface area (Å²) in [6.45, 7) is 4.35. The van der Waals surface area contributed by atoms with Crippen molar-refractivity contribution < 1.29 is 9.50 Å². The molecule has 0 aliphatic carbocycles.